The topological polar surface area (TPSA) is 52.3 Å². The first kappa shape index (κ1) is 16.2. The van der Waals surface area contributed by atoms with Crippen molar-refractivity contribution in [3.8, 4) is 0 Å². The Bertz CT molecular complexity index is 415. The van der Waals surface area contributed by atoms with Crippen molar-refractivity contribution in [3.63, 3.8) is 0 Å². The molecule has 0 aliphatic heterocycles. The summed E-state index contributed by atoms with van der Waals surface area (Å²) in [6.45, 7) is 5.47. The highest BCUT2D eigenvalue weighted by Gasteiger charge is 2.22. The van der Waals surface area contributed by atoms with Gasteiger partial charge in [-0.3, -0.25) is 4.21 Å². The second kappa shape index (κ2) is 7.09. The summed E-state index contributed by atoms with van der Waals surface area (Å²) in [6, 6.07) is 0. The SMILES string of the molecule is CC(C)(C)c1conc1CS(=O)CCOCC(F)F. The van der Waals surface area contributed by atoms with E-state index >= 15 is 0 Å². The van der Waals surface area contributed by atoms with Crippen LogP contribution in [0.3, 0.4) is 0 Å². The van der Waals surface area contributed by atoms with Crippen molar-refractivity contribution in [2.24, 2.45) is 0 Å². The van der Waals surface area contributed by atoms with Gasteiger partial charge in [0.05, 0.1) is 18.1 Å². The quantitative estimate of drug-likeness (QED) is 0.725. The number of nitrogens with zero attached hydrogens (tertiary/aromatic N) is 1. The molecular weight excluding hydrogens is 276 g/mol. The molecule has 0 spiro atoms. The molecular formula is C12H19F2NO3S. The second-order valence-corrected chi connectivity index (χ2v) is 6.76. The maximum absolute atomic E-state index is 11.8. The smallest absolute Gasteiger partial charge is 0.261 e. The molecule has 0 aliphatic carbocycles. The van der Waals surface area contributed by atoms with Crippen molar-refractivity contribution < 1.29 is 22.2 Å². The minimum Gasteiger partial charge on any atom is -0.375 e. The maximum Gasteiger partial charge on any atom is 0.261 e. The maximum atomic E-state index is 11.8. The molecule has 0 N–H and O–H groups in total. The summed E-state index contributed by atoms with van der Waals surface area (Å²) in [6.07, 6.45) is -0.934. The minimum atomic E-state index is -2.49. The zero-order valence-electron chi connectivity index (χ0n) is 11.3. The largest absolute Gasteiger partial charge is 0.375 e. The summed E-state index contributed by atoms with van der Waals surface area (Å²) in [5, 5.41) is 3.85. The Morgan fingerprint density at radius 1 is 1.47 bits per heavy atom. The fourth-order valence-corrected chi connectivity index (χ4v) is 2.48. The molecule has 19 heavy (non-hydrogen) atoms. The Balaban J connectivity index is 2.43. The Morgan fingerprint density at radius 3 is 2.74 bits per heavy atom. The van der Waals surface area contributed by atoms with Crippen LogP contribution in [0, 0.1) is 0 Å². The van der Waals surface area contributed by atoms with Gasteiger partial charge in [-0.2, -0.15) is 0 Å². The molecule has 110 valence electrons. The molecule has 0 aromatic carbocycles. The third-order valence-electron chi connectivity index (χ3n) is 2.45. The van der Waals surface area contributed by atoms with E-state index in [1.54, 1.807) is 6.26 Å². The van der Waals surface area contributed by atoms with E-state index in [0.717, 1.165) is 5.56 Å². The van der Waals surface area contributed by atoms with Gasteiger partial charge in [0.25, 0.3) is 6.43 Å². The molecule has 0 saturated carbocycles. The molecule has 4 nitrogen and oxygen atoms in total. The van der Waals surface area contributed by atoms with Crippen molar-refractivity contribution >= 4 is 10.8 Å². The first-order valence-electron chi connectivity index (χ1n) is 5.95. The molecule has 1 rings (SSSR count). The molecule has 0 radical (unpaired) electrons. The average Bonchev–Trinajstić information content (AvgIpc) is 2.72. The lowest BCUT2D eigenvalue weighted by molar-refractivity contribution is 0.0235. The molecule has 1 unspecified atom stereocenters. The van der Waals surface area contributed by atoms with Crippen LogP contribution in [0.4, 0.5) is 8.78 Å². The van der Waals surface area contributed by atoms with Crippen LogP contribution in [0.15, 0.2) is 10.8 Å². The van der Waals surface area contributed by atoms with Crippen LogP contribution in [0.1, 0.15) is 32.0 Å². The number of rotatable bonds is 7. The van der Waals surface area contributed by atoms with Crippen LogP contribution >= 0.6 is 0 Å². The van der Waals surface area contributed by atoms with E-state index in [1.807, 2.05) is 20.8 Å². The number of halogens is 2. The number of aromatic nitrogens is 1. The van der Waals surface area contributed by atoms with E-state index in [9.17, 15) is 13.0 Å². The first-order chi connectivity index (χ1) is 8.80. The molecule has 1 aromatic heterocycles. The lowest BCUT2D eigenvalue weighted by Gasteiger charge is -2.16. The van der Waals surface area contributed by atoms with E-state index in [4.69, 9.17) is 9.26 Å². The van der Waals surface area contributed by atoms with E-state index < -0.39 is 23.8 Å². The van der Waals surface area contributed by atoms with Crippen LogP contribution in [0.2, 0.25) is 0 Å². The molecule has 0 fully saturated rings. The van der Waals surface area contributed by atoms with Crippen molar-refractivity contribution in [1.29, 1.82) is 0 Å². The second-order valence-electron chi connectivity index (χ2n) is 5.18. The predicted octanol–water partition coefficient (Wildman–Crippen LogP) is 2.50. The van der Waals surface area contributed by atoms with E-state index in [-0.39, 0.29) is 23.5 Å². The Morgan fingerprint density at radius 2 is 2.16 bits per heavy atom. The van der Waals surface area contributed by atoms with Gasteiger partial charge in [0, 0.05) is 22.1 Å². The monoisotopic (exact) mass is 295 g/mol. The summed E-state index contributed by atoms with van der Waals surface area (Å²) < 4.78 is 45.1. The van der Waals surface area contributed by atoms with Crippen molar-refractivity contribution in [2.45, 2.75) is 38.4 Å². The molecule has 0 amide bonds. The highest BCUT2D eigenvalue weighted by molar-refractivity contribution is 7.84. The van der Waals surface area contributed by atoms with Gasteiger partial charge in [-0.05, 0) is 5.41 Å². The third kappa shape index (κ3) is 5.78. The third-order valence-corrected chi connectivity index (χ3v) is 3.67. The Hall–Kier alpha value is -0.820. The number of alkyl halides is 2. The first-order valence-corrected chi connectivity index (χ1v) is 7.44. The van der Waals surface area contributed by atoms with Gasteiger partial charge in [-0.25, -0.2) is 8.78 Å². The van der Waals surface area contributed by atoms with Crippen molar-refractivity contribution in [1.82, 2.24) is 5.16 Å². The van der Waals surface area contributed by atoms with Gasteiger partial charge in [0.15, 0.2) is 0 Å². The van der Waals surface area contributed by atoms with Crippen LogP contribution in [-0.4, -0.2) is 34.8 Å². The highest BCUT2D eigenvalue weighted by Crippen LogP contribution is 2.25. The molecule has 0 saturated heterocycles. The zero-order valence-corrected chi connectivity index (χ0v) is 12.1. The minimum absolute atomic E-state index is 0.0552. The number of ether oxygens (including phenoxy) is 1. The van der Waals surface area contributed by atoms with Crippen molar-refractivity contribution in [3.05, 3.63) is 17.5 Å². The van der Waals surface area contributed by atoms with E-state index in [2.05, 4.69) is 5.16 Å². The lowest BCUT2D eigenvalue weighted by Crippen LogP contribution is -2.16. The summed E-state index contributed by atoms with van der Waals surface area (Å²) >= 11 is 0. The van der Waals surface area contributed by atoms with Gasteiger partial charge in [-0.15, -0.1) is 0 Å². The van der Waals surface area contributed by atoms with Crippen LogP contribution in [-0.2, 0) is 26.7 Å². The summed E-state index contributed by atoms with van der Waals surface area (Å²) in [7, 11) is -1.20. The lowest BCUT2D eigenvalue weighted by atomic mass is 9.88. The normalized spacial score (nSPS) is 14.0. The van der Waals surface area contributed by atoms with Crippen molar-refractivity contribution in [2.75, 3.05) is 19.0 Å². The van der Waals surface area contributed by atoms with Gasteiger partial charge in [0.1, 0.15) is 12.9 Å². The molecule has 1 heterocycles. The fraction of sp³-hybridized carbons (Fsp3) is 0.750. The molecule has 0 aliphatic rings. The summed E-state index contributed by atoms with van der Waals surface area (Å²) in [4.78, 5) is 0. The summed E-state index contributed by atoms with van der Waals surface area (Å²) in [5.41, 5.74) is 1.43. The molecule has 0 bridgehead atoms. The van der Waals surface area contributed by atoms with E-state index in [1.165, 1.54) is 0 Å². The van der Waals surface area contributed by atoms with Crippen LogP contribution in [0.5, 0.6) is 0 Å². The van der Waals surface area contributed by atoms with Gasteiger partial charge < -0.3 is 9.26 Å². The molecule has 7 heteroatoms. The zero-order chi connectivity index (χ0) is 14.5. The predicted molar refractivity (Wildman–Crippen MR) is 68.7 cm³/mol. The Kier molecular flexibility index (Phi) is 6.06. The number of hydrogen-bond donors (Lipinski definition) is 0. The van der Waals surface area contributed by atoms with E-state index in [0.29, 0.717) is 5.69 Å². The van der Waals surface area contributed by atoms with Crippen LogP contribution in [0.25, 0.3) is 0 Å². The molecule has 1 atom stereocenters. The standard InChI is InChI=1S/C12H19F2NO3S/c1-12(2,3)9-6-18-15-10(9)8-19(16)5-4-17-7-11(13)14/h6,11H,4-5,7-8H2,1-3H3. The molecule has 1 aromatic rings. The van der Waals surface area contributed by atoms with Gasteiger partial charge in [-0.1, -0.05) is 25.9 Å². The van der Waals surface area contributed by atoms with Crippen LogP contribution < -0.4 is 0 Å². The van der Waals surface area contributed by atoms with Gasteiger partial charge in [0.2, 0.25) is 0 Å². The average molecular weight is 295 g/mol. The highest BCUT2D eigenvalue weighted by atomic mass is 32.2. The van der Waals surface area contributed by atoms with Gasteiger partial charge >= 0.3 is 0 Å². The summed E-state index contributed by atoms with van der Waals surface area (Å²) in [5.74, 6) is 0.463. The number of hydrogen-bond acceptors (Lipinski definition) is 4. The fourth-order valence-electron chi connectivity index (χ4n) is 1.52. The Labute approximate surface area is 114 Å².